The van der Waals surface area contributed by atoms with E-state index in [4.69, 9.17) is 0 Å². The average Bonchev–Trinajstić information content (AvgIpc) is 3.24. The molecule has 5 nitrogen and oxygen atoms in total. The fourth-order valence-corrected chi connectivity index (χ4v) is 4.59. The lowest BCUT2D eigenvalue weighted by atomic mass is 10.1. The van der Waals surface area contributed by atoms with Crippen LogP contribution >= 0.6 is 0 Å². The maximum atomic E-state index is 13.4. The molecule has 2 aromatic rings. The molecule has 5 rings (SSSR count). The van der Waals surface area contributed by atoms with Crippen molar-refractivity contribution in [1.82, 2.24) is 20.0 Å². The van der Waals surface area contributed by atoms with Crippen molar-refractivity contribution in [2.45, 2.75) is 56.7 Å². The molecule has 2 atom stereocenters. The summed E-state index contributed by atoms with van der Waals surface area (Å²) >= 11 is 0. The molecule has 2 heterocycles. The van der Waals surface area contributed by atoms with Crippen molar-refractivity contribution in [2.24, 2.45) is 0 Å². The summed E-state index contributed by atoms with van der Waals surface area (Å²) in [7, 11) is 0. The Kier molecular flexibility index (Phi) is 4.04. The highest BCUT2D eigenvalue weighted by atomic mass is 16.2. The van der Waals surface area contributed by atoms with E-state index < -0.39 is 0 Å². The summed E-state index contributed by atoms with van der Waals surface area (Å²) < 4.78 is 1.99. The van der Waals surface area contributed by atoms with Crippen LogP contribution < -0.4 is 5.32 Å². The average molecular weight is 350 g/mol. The Morgan fingerprint density at radius 3 is 2.85 bits per heavy atom. The molecule has 0 radical (unpaired) electrons. The summed E-state index contributed by atoms with van der Waals surface area (Å²) in [6.45, 7) is 2.03. The Hall–Kier alpha value is -2.14. The number of carbonyl (C=O) groups is 1. The van der Waals surface area contributed by atoms with Gasteiger partial charge in [-0.05, 0) is 62.3 Å². The van der Waals surface area contributed by atoms with E-state index in [1.807, 2.05) is 16.9 Å². The lowest BCUT2D eigenvalue weighted by molar-refractivity contribution is 0.0650. The standard InChI is InChI=1S/C21H26N4O/c26-21(19-11-13-24(23-19)17-5-3-12-22-14-17)25(16-8-9-16)20-10-7-15-4-1-2-6-18(15)20/h1-2,4,6,11,13,16-17,20,22H,3,5,7-10,12,14H2. The number of hydrogen-bond donors (Lipinski definition) is 1. The number of fused-ring (bicyclic) bond motifs is 1. The molecule has 2 fully saturated rings. The van der Waals surface area contributed by atoms with Gasteiger partial charge in [-0.15, -0.1) is 0 Å². The van der Waals surface area contributed by atoms with Crippen molar-refractivity contribution in [3.8, 4) is 0 Å². The molecule has 1 amide bonds. The first-order valence-electron chi connectivity index (χ1n) is 9.97. The van der Waals surface area contributed by atoms with E-state index in [0.29, 0.717) is 17.8 Å². The van der Waals surface area contributed by atoms with Gasteiger partial charge in [-0.25, -0.2) is 0 Å². The highest BCUT2D eigenvalue weighted by Gasteiger charge is 2.41. The van der Waals surface area contributed by atoms with Crippen LogP contribution in [0.4, 0.5) is 0 Å². The second kappa shape index (κ2) is 6.54. The van der Waals surface area contributed by atoms with Crippen LogP contribution in [0.2, 0.25) is 0 Å². The Morgan fingerprint density at radius 2 is 2.04 bits per heavy atom. The Balaban J connectivity index is 1.40. The molecule has 1 aliphatic heterocycles. The molecular weight excluding hydrogens is 324 g/mol. The van der Waals surface area contributed by atoms with Crippen molar-refractivity contribution < 1.29 is 4.79 Å². The number of carbonyl (C=O) groups excluding carboxylic acids is 1. The van der Waals surface area contributed by atoms with E-state index >= 15 is 0 Å². The molecule has 26 heavy (non-hydrogen) atoms. The normalized spacial score (nSPS) is 25.1. The molecule has 1 N–H and O–H groups in total. The number of amides is 1. The maximum Gasteiger partial charge on any atom is 0.275 e. The third-order valence-electron chi connectivity index (χ3n) is 6.08. The van der Waals surface area contributed by atoms with Crippen LogP contribution in [0.25, 0.3) is 0 Å². The minimum Gasteiger partial charge on any atom is -0.327 e. The van der Waals surface area contributed by atoms with E-state index in [9.17, 15) is 4.79 Å². The van der Waals surface area contributed by atoms with E-state index in [2.05, 4.69) is 39.6 Å². The molecule has 2 aliphatic carbocycles. The van der Waals surface area contributed by atoms with E-state index in [-0.39, 0.29) is 11.9 Å². The largest absolute Gasteiger partial charge is 0.327 e. The Bertz CT molecular complexity index is 804. The highest BCUT2D eigenvalue weighted by molar-refractivity contribution is 5.93. The highest BCUT2D eigenvalue weighted by Crippen LogP contribution is 2.42. The van der Waals surface area contributed by atoms with Gasteiger partial charge < -0.3 is 10.2 Å². The van der Waals surface area contributed by atoms with Crippen molar-refractivity contribution in [1.29, 1.82) is 0 Å². The quantitative estimate of drug-likeness (QED) is 0.922. The zero-order valence-electron chi connectivity index (χ0n) is 15.1. The van der Waals surface area contributed by atoms with Gasteiger partial charge in [-0.1, -0.05) is 24.3 Å². The minimum atomic E-state index is 0.108. The van der Waals surface area contributed by atoms with Crippen molar-refractivity contribution in [3.63, 3.8) is 0 Å². The molecule has 136 valence electrons. The first-order chi connectivity index (χ1) is 12.8. The predicted molar refractivity (Wildman–Crippen MR) is 100 cm³/mol. The number of aryl methyl sites for hydroxylation is 1. The number of hydrogen-bond acceptors (Lipinski definition) is 3. The Morgan fingerprint density at radius 1 is 1.15 bits per heavy atom. The summed E-state index contributed by atoms with van der Waals surface area (Å²) in [5.74, 6) is 0.108. The third kappa shape index (κ3) is 2.84. The molecule has 0 spiro atoms. The van der Waals surface area contributed by atoms with Gasteiger partial charge in [0.05, 0.1) is 12.1 Å². The topological polar surface area (TPSA) is 50.2 Å². The monoisotopic (exact) mass is 350 g/mol. The van der Waals surface area contributed by atoms with Gasteiger partial charge in [0, 0.05) is 18.8 Å². The maximum absolute atomic E-state index is 13.4. The summed E-state index contributed by atoms with van der Waals surface area (Å²) in [6, 6.07) is 11.5. The van der Waals surface area contributed by atoms with Crippen molar-refractivity contribution in [3.05, 3.63) is 53.3 Å². The first-order valence-corrected chi connectivity index (χ1v) is 9.97. The van der Waals surface area contributed by atoms with Crippen LogP contribution in [0.3, 0.4) is 0 Å². The molecule has 3 aliphatic rings. The number of rotatable bonds is 4. The fraction of sp³-hybridized carbons (Fsp3) is 0.524. The molecule has 5 heteroatoms. The predicted octanol–water partition coefficient (Wildman–Crippen LogP) is 3.10. The van der Waals surface area contributed by atoms with Gasteiger partial charge in [0.2, 0.25) is 0 Å². The second-order valence-electron chi connectivity index (χ2n) is 7.88. The Labute approximate surface area is 154 Å². The number of nitrogens with zero attached hydrogens (tertiary/aromatic N) is 3. The zero-order valence-corrected chi connectivity index (χ0v) is 15.1. The summed E-state index contributed by atoms with van der Waals surface area (Å²) in [6.07, 6.45) is 8.63. The van der Waals surface area contributed by atoms with Crippen LogP contribution in [0, 0.1) is 0 Å². The van der Waals surface area contributed by atoms with Crippen LogP contribution in [0.15, 0.2) is 36.5 Å². The molecular formula is C21H26N4O. The van der Waals surface area contributed by atoms with Crippen LogP contribution in [0.5, 0.6) is 0 Å². The molecule has 1 aromatic heterocycles. The first kappa shape index (κ1) is 16.1. The van der Waals surface area contributed by atoms with E-state index in [0.717, 1.165) is 45.2 Å². The number of piperidine rings is 1. The van der Waals surface area contributed by atoms with Gasteiger partial charge in [0.25, 0.3) is 5.91 Å². The fourth-order valence-electron chi connectivity index (χ4n) is 4.59. The smallest absolute Gasteiger partial charge is 0.275 e. The SMILES string of the molecule is O=C(c1ccn(C2CCCNC2)n1)N(C1CC1)C1CCc2ccccc21. The van der Waals surface area contributed by atoms with Gasteiger partial charge in [0.15, 0.2) is 0 Å². The summed E-state index contributed by atoms with van der Waals surface area (Å²) in [5, 5.41) is 8.10. The van der Waals surface area contributed by atoms with Crippen molar-refractivity contribution in [2.75, 3.05) is 13.1 Å². The molecule has 1 saturated heterocycles. The second-order valence-corrected chi connectivity index (χ2v) is 7.88. The number of benzene rings is 1. The van der Waals surface area contributed by atoms with Gasteiger partial charge >= 0.3 is 0 Å². The number of aromatic nitrogens is 2. The minimum absolute atomic E-state index is 0.108. The van der Waals surface area contributed by atoms with Gasteiger partial charge in [0.1, 0.15) is 5.69 Å². The van der Waals surface area contributed by atoms with Gasteiger partial charge in [-0.2, -0.15) is 5.10 Å². The molecule has 1 aromatic carbocycles. The number of nitrogens with one attached hydrogen (secondary N) is 1. The van der Waals surface area contributed by atoms with E-state index in [1.165, 1.54) is 17.5 Å². The third-order valence-corrected chi connectivity index (χ3v) is 6.08. The van der Waals surface area contributed by atoms with Crippen LogP contribution in [-0.4, -0.2) is 39.7 Å². The van der Waals surface area contributed by atoms with Crippen LogP contribution in [0.1, 0.15) is 65.8 Å². The van der Waals surface area contributed by atoms with E-state index in [1.54, 1.807) is 0 Å². The lowest BCUT2D eigenvalue weighted by Gasteiger charge is -2.29. The molecule has 0 bridgehead atoms. The van der Waals surface area contributed by atoms with Crippen molar-refractivity contribution >= 4 is 5.91 Å². The molecule has 2 unspecified atom stereocenters. The van der Waals surface area contributed by atoms with Crippen LogP contribution in [-0.2, 0) is 6.42 Å². The molecule has 1 saturated carbocycles. The zero-order chi connectivity index (χ0) is 17.5. The summed E-state index contributed by atoms with van der Waals surface area (Å²) in [5.41, 5.74) is 3.34. The lowest BCUT2D eigenvalue weighted by Crippen LogP contribution is -2.36. The van der Waals surface area contributed by atoms with Gasteiger partial charge in [-0.3, -0.25) is 9.48 Å². The summed E-state index contributed by atoms with van der Waals surface area (Å²) in [4.78, 5) is 15.5.